The van der Waals surface area contributed by atoms with Gasteiger partial charge in [-0.3, -0.25) is 9.35 Å². The first-order valence-electron chi connectivity index (χ1n) is 8.24. The second kappa shape index (κ2) is 9.07. The van der Waals surface area contributed by atoms with Crippen LogP contribution in [0.4, 0.5) is 0 Å². The van der Waals surface area contributed by atoms with Gasteiger partial charge in [-0.25, -0.2) is 0 Å². The molecule has 3 aromatic rings. The Morgan fingerprint density at radius 1 is 0.966 bits per heavy atom. The van der Waals surface area contributed by atoms with E-state index in [-0.39, 0.29) is 9.99 Å². The molecular weight excluding hydrogens is 451 g/mol. The van der Waals surface area contributed by atoms with E-state index < -0.39 is 10.1 Å². The number of hydrogen-bond donors (Lipinski definition) is 1. The van der Waals surface area contributed by atoms with Crippen LogP contribution in [-0.4, -0.2) is 18.8 Å². The fourth-order valence-electron chi connectivity index (χ4n) is 2.53. The van der Waals surface area contributed by atoms with E-state index in [9.17, 15) is 17.8 Å². The molecule has 1 heterocycles. The van der Waals surface area contributed by atoms with Crippen molar-refractivity contribution in [2.75, 3.05) is 0 Å². The summed E-state index contributed by atoms with van der Waals surface area (Å²) >= 11 is 12.9. The lowest BCUT2D eigenvalue weighted by molar-refractivity contribution is -0.110. The zero-order chi connectivity index (χ0) is 21.0. The lowest BCUT2D eigenvalue weighted by atomic mass is 10.1. The minimum Gasteiger partial charge on any atom is -0.290 e. The summed E-state index contributed by atoms with van der Waals surface area (Å²) in [5, 5.41) is 2.58. The first-order valence-corrected chi connectivity index (χ1v) is 11.3. The summed E-state index contributed by atoms with van der Waals surface area (Å²) in [6.07, 6.45) is 6.09. The highest BCUT2D eigenvalue weighted by atomic mass is 35.5. The summed E-state index contributed by atoms with van der Waals surface area (Å²) in [5.74, 6) is -0.216. The van der Waals surface area contributed by atoms with E-state index in [1.165, 1.54) is 12.2 Å². The number of carbonyl (C=O) groups excluding carboxylic acids is 1. The van der Waals surface area contributed by atoms with Crippen molar-refractivity contribution in [1.29, 1.82) is 0 Å². The van der Waals surface area contributed by atoms with Crippen molar-refractivity contribution in [3.63, 3.8) is 0 Å². The van der Waals surface area contributed by atoms with E-state index in [0.717, 1.165) is 16.9 Å². The van der Waals surface area contributed by atoms with E-state index in [1.54, 1.807) is 66.1 Å². The molecule has 0 aliphatic rings. The first kappa shape index (κ1) is 21.5. The van der Waals surface area contributed by atoms with Gasteiger partial charge >= 0.3 is 10.1 Å². The van der Waals surface area contributed by atoms with Crippen molar-refractivity contribution < 1.29 is 17.8 Å². The molecule has 0 bridgehead atoms. The Balaban J connectivity index is 1.71. The molecule has 0 atom stereocenters. The van der Waals surface area contributed by atoms with Gasteiger partial charge in [0.25, 0.3) is 0 Å². The number of thiophene rings is 1. The summed E-state index contributed by atoms with van der Waals surface area (Å²) in [5.41, 5.74) is 2.54. The van der Waals surface area contributed by atoms with Gasteiger partial charge in [0.1, 0.15) is 0 Å². The second-order valence-electron chi connectivity index (χ2n) is 5.95. The SMILES string of the molecule is O=C(/C=C/c1ccc(-c2ccsc2S(=O)(=O)O)cc1)/C=C/c1ccc(Cl)cc1Cl. The van der Waals surface area contributed by atoms with Crippen LogP contribution in [0.15, 0.2) is 70.3 Å². The molecule has 1 N–H and O–H groups in total. The maximum absolute atomic E-state index is 12.0. The highest BCUT2D eigenvalue weighted by Gasteiger charge is 2.18. The van der Waals surface area contributed by atoms with Gasteiger partial charge in [-0.1, -0.05) is 59.6 Å². The van der Waals surface area contributed by atoms with Crippen LogP contribution in [0.1, 0.15) is 11.1 Å². The molecule has 0 fully saturated rings. The van der Waals surface area contributed by atoms with Crippen molar-refractivity contribution in [3.8, 4) is 11.1 Å². The average Bonchev–Trinajstić information content (AvgIpc) is 3.16. The predicted octanol–water partition coefficient (Wildman–Crippen LogP) is 6.26. The predicted molar refractivity (Wildman–Crippen MR) is 119 cm³/mol. The van der Waals surface area contributed by atoms with E-state index in [0.29, 0.717) is 26.7 Å². The molecule has 29 heavy (non-hydrogen) atoms. The number of allylic oxidation sites excluding steroid dienone is 2. The van der Waals surface area contributed by atoms with Crippen LogP contribution in [-0.2, 0) is 14.9 Å². The zero-order valence-electron chi connectivity index (χ0n) is 14.7. The van der Waals surface area contributed by atoms with Crippen LogP contribution in [0.2, 0.25) is 10.0 Å². The average molecular weight is 465 g/mol. The van der Waals surface area contributed by atoms with Gasteiger partial charge in [0.15, 0.2) is 9.99 Å². The maximum atomic E-state index is 12.0. The molecule has 0 saturated carbocycles. The minimum atomic E-state index is -4.27. The summed E-state index contributed by atoms with van der Waals surface area (Å²) in [7, 11) is -4.27. The molecule has 2 aromatic carbocycles. The smallest absolute Gasteiger partial charge is 0.290 e. The Kier molecular flexibility index (Phi) is 6.72. The largest absolute Gasteiger partial charge is 0.304 e. The summed E-state index contributed by atoms with van der Waals surface area (Å²) < 4.78 is 32.1. The van der Waals surface area contributed by atoms with Crippen molar-refractivity contribution in [3.05, 3.63) is 87.2 Å². The Hall–Kier alpha value is -2.22. The zero-order valence-corrected chi connectivity index (χ0v) is 17.9. The second-order valence-corrected chi connectivity index (χ2v) is 9.33. The van der Waals surface area contributed by atoms with Gasteiger partial charge in [0.05, 0.1) is 0 Å². The Morgan fingerprint density at radius 3 is 2.31 bits per heavy atom. The van der Waals surface area contributed by atoms with Crippen LogP contribution in [0.5, 0.6) is 0 Å². The normalized spacial score (nSPS) is 12.1. The van der Waals surface area contributed by atoms with Crippen molar-refractivity contribution in [1.82, 2.24) is 0 Å². The quantitative estimate of drug-likeness (QED) is 0.344. The molecule has 0 radical (unpaired) electrons. The molecular formula is C21H14Cl2O4S2. The van der Waals surface area contributed by atoms with E-state index in [1.807, 2.05) is 0 Å². The first-order chi connectivity index (χ1) is 13.7. The van der Waals surface area contributed by atoms with Gasteiger partial charge < -0.3 is 0 Å². The lowest BCUT2D eigenvalue weighted by Gasteiger charge is -2.02. The van der Waals surface area contributed by atoms with Gasteiger partial charge in [-0.2, -0.15) is 8.42 Å². The van der Waals surface area contributed by atoms with E-state index in [2.05, 4.69) is 0 Å². The van der Waals surface area contributed by atoms with Crippen LogP contribution in [0.3, 0.4) is 0 Å². The number of carbonyl (C=O) groups is 1. The minimum absolute atomic E-state index is 0.0954. The third-order valence-electron chi connectivity index (χ3n) is 3.92. The topological polar surface area (TPSA) is 71.4 Å². The highest BCUT2D eigenvalue weighted by molar-refractivity contribution is 7.88. The number of hydrogen-bond acceptors (Lipinski definition) is 4. The molecule has 0 aliphatic carbocycles. The van der Waals surface area contributed by atoms with Crippen LogP contribution < -0.4 is 0 Å². The number of halogens is 2. The standard InChI is InChI=1S/C21H14Cl2O4S2/c22-17-8-6-16(20(23)13-17)7-10-18(24)9-3-14-1-4-15(5-2-14)19-11-12-28-21(19)29(25,26)27/h1-13H,(H,25,26,27)/b9-3+,10-7+. The lowest BCUT2D eigenvalue weighted by Crippen LogP contribution is -1.96. The Bertz CT molecular complexity index is 1210. The molecule has 0 saturated heterocycles. The van der Waals surface area contributed by atoms with E-state index >= 15 is 0 Å². The Morgan fingerprint density at radius 2 is 1.66 bits per heavy atom. The third-order valence-corrected chi connectivity index (χ3v) is 6.79. The van der Waals surface area contributed by atoms with Gasteiger partial charge in [0.2, 0.25) is 0 Å². The van der Waals surface area contributed by atoms with Crippen molar-refractivity contribution in [2.45, 2.75) is 4.21 Å². The fourth-order valence-corrected chi connectivity index (χ4v) is 4.75. The molecule has 0 spiro atoms. The van der Waals surface area contributed by atoms with Crippen LogP contribution in [0.25, 0.3) is 23.3 Å². The summed E-state index contributed by atoms with van der Waals surface area (Å²) in [6, 6.07) is 13.6. The summed E-state index contributed by atoms with van der Waals surface area (Å²) in [4.78, 5) is 12.0. The summed E-state index contributed by atoms with van der Waals surface area (Å²) in [6.45, 7) is 0. The van der Waals surface area contributed by atoms with Gasteiger partial charge in [-0.15, -0.1) is 11.3 Å². The number of benzene rings is 2. The molecule has 4 nitrogen and oxygen atoms in total. The van der Waals surface area contributed by atoms with Crippen molar-refractivity contribution in [2.24, 2.45) is 0 Å². The maximum Gasteiger partial charge on any atom is 0.304 e. The molecule has 3 rings (SSSR count). The third kappa shape index (κ3) is 5.65. The van der Waals surface area contributed by atoms with Crippen molar-refractivity contribution >= 4 is 62.6 Å². The molecule has 0 unspecified atom stereocenters. The van der Waals surface area contributed by atoms with Gasteiger partial charge in [0, 0.05) is 15.6 Å². The highest BCUT2D eigenvalue weighted by Crippen LogP contribution is 2.32. The number of rotatable bonds is 6. The van der Waals surface area contributed by atoms with E-state index in [4.69, 9.17) is 23.2 Å². The number of ketones is 1. The molecule has 0 amide bonds. The molecule has 1 aromatic heterocycles. The van der Waals surface area contributed by atoms with Crippen LogP contribution >= 0.6 is 34.5 Å². The molecule has 8 heteroatoms. The monoisotopic (exact) mass is 464 g/mol. The Labute approximate surface area is 182 Å². The van der Waals surface area contributed by atoms with Gasteiger partial charge in [-0.05, 0) is 58.5 Å². The van der Waals surface area contributed by atoms with Crippen LogP contribution in [0, 0.1) is 0 Å². The molecule has 0 aliphatic heterocycles. The molecule has 148 valence electrons. The fraction of sp³-hybridized carbons (Fsp3) is 0.